The molecule has 1 atom stereocenters. The van der Waals surface area contributed by atoms with Crippen LogP contribution in [0.3, 0.4) is 0 Å². The number of amides is 1. The second kappa shape index (κ2) is 10.2. The number of pyridine rings is 1. The van der Waals surface area contributed by atoms with E-state index in [9.17, 15) is 4.79 Å². The maximum Gasteiger partial charge on any atom is 0.264 e. The van der Waals surface area contributed by atoms with Crippen LogP contribution in [-0.2, 0) is 13.1 Å². The molecule has 1 aromatic carbocycles. The van der Waals surface area contributed by atoms with Crippen LogP contribution in [0.15, 0.2) is 78.5 Å². The van der Waals surface area contributed by atoms with Crippen LogP contribution in [0.1, 0.15) is 40.1 Å². The molecular formula is C25H26N2O2S. The number of thiophene rings is 1. The molecule has 4 rings (SSSR count). The van der Waals surface area contributed by atoms with Crippen molar-refractivity contribution in [3.8, 4) is 5.75 Å². The molecule has 30 heavy (non-hydrogen) atoms. The molecule has 0 fully saturated rings. The summed E-state index contributed by atoms with van der Waals surface area (Å²) in [4.78, 5) is 19.8. The molecule has 0 bridgehead atoms. The lowest BCUT2D eigenvalue weighted by molar-refractivity contribution is 0.0735. The van der Waals surface area contributed by atoms with Crippen molar-refractivity contribution < 1.29 is 9.53 Å². The maximum atomic E-state index is 13.0. The number of carbonyl (C=O) groups is 1. The lowest BCUT2D eigenvalue weighted by Crippen LogP contribution is -2.29. The smallest absolute Gasteiger partial charge is 0.264 e. The number of allylic oxidation sites excluding steroid dienone is 2. The zero-order chi connectivity index (χ0) is 20.6. The van der Waals surface area contributed by atoms with Crippen LogP contribution >= 0.6 is 11.3 Å². The van der Waals surface area contributed by atoms with Crippen LogP contribution in [0, 0.1) is 5.92 Å². The SMILES string of the molecule is O=C(c1cccs1)N(Cc1ccncc1)Cc1ccc(OC[C@H]2CC=CCC2)cc1. The predicted molar refractivity (Wildman–Crippen MR) is 121 cm³/mol. The van der Waals surface area contributed by atoms with Gasteiger partial charge in [-0.1, -0.05) is 30.4 Å². The van der Waals surface area contributed by atoms with E-state index in [2.05, 4.69) is 29.3 Å². The summed E-state index contributed by atoms with van der Waals surface area (Å²) in [5.41, 5.74) is 2.15. The van der Waals surface area contributed by atoms with E-state index in [-0.39, 0.29) is 5.91 Å². The third-order valence-electron chi connectivity index (χ3n) is 5.30. The van der Waals surface area contributed by atoms with Gasteiger partial charge >= 0.3 is 0 Å². The third-order valence-corrected chi connectivity index (χ3v) is 6.16. The summed E-state index contributed by atoms with van der Waals surface area (Å²) in [5, 5.41) is 1.94. The summed E-state index contributed by atoms with van der Waals surface area (Å²) in [6, 6.07) is 15.8. The van der Waals surface area contributed by atoms with Gasteiger partial charge in [0.15, 0.2) is 0 Å². The van der Waals surface area contributed by atoms with E-state index in [0.717, 1.165) is 41.2 Å². The summed E-state index contributed by atoms with van der Waals surface area (Å²) in [6.07, 6.45) is 11.5. The highest BCUT2D eigenvalue weighted by atomic mass is 32.1. The Morgan fingerprint density at radius 3 is 2.47 bits per heavy atom. The summed E-state index contributed by atoms with van der Waals surface area (Å²) in [6.45, 7) is 1.86. The zero-order valence-corrected chi connectivity index (χ0v) is 17.8. The van der Waals surface area contributed by atoms with Crippen LogP contribution in [0.4, 0.5) is 0 Å². The molecule has 0 aliphatic heterocycles. The monoisotopic (exact) mass is 418 g/mol. The highest BCUT2D eigenvalue weighted by molar-refractivity contribution is 7.12. The molecule has 0 N–H and O–H groups in total. The normalized spacial score (nSPS) is 15.7. The van der Waals surface area contributed by atoms with Crippen LogP contribution in [0.25, 0.3) is 0 Å². The average molecular weight is 419 g/mol. The van der Waals surface area contributed by atoms with Crippen molar-refractivity contribution in [1.29, 1.82) is 0 Å². The minimum absolute atomic E-state index is 0.0486. The molecule has 1 aliphatic rings. The molecule has 0 spiro atoms. The first-order valence-electron chi connectivity index (χ1n) is 10.4. The summed E-state index contributed by atoms with van der Waals surface area (Å²) in [5.74, 6) is 1.54. The molecule has 0 saturated heterocycles. The molecule has 0 unspecified atom stereocenters. The summed E-state index contributed by atoms with van der Waals surface area (Å²) < 4.78 is 5.99. The van der Waals surface area contributed by atoms with E-state index in [1.165, 1.54) is 17.8 Å². The highest BCUT2D eigenvalue weighted by Gasteiger charge is 2.18. The van der Waals surface area contributed by atoms with E-state index in [0.29, 0.717) is 19.0 Å². The third kappa shape index (κ3) is 5.57. The lowest BCUT2D eigenvalue weighted by Gasteiger charge is -2.23. The Hall–Kier alpha value is -2.92. The van der Waals surface area contributed by atoms with Crippen molar-refractivity contribution in [2.24, 2.45) is 5.92 Å². The van der Waals surface area contributed by atoms with Gasteiger partial charge in [-0.2, -0.15) is 0 Å². The van der Waals surface area contributed by atoms with Crippen LogP contribution in [-0.4, -0.2) is 22.4 Å². The number of rotatable bonds is 8. The largest absolute Gasteiger partial charge is 0.493 e. The molecule has 0 radical (unpaired) electrons. The minimum atomic E-state index is 0.0486. The topological polar surface area (TPSA) is 42.4 Å². The molecule has 5 heteroatoms. The van der Waals surface area contributed by atoms with Gasteiger partial charge < -0.3 is 9.64 Å². The molecule has 0 saturated carbocycles. The number of benzene rings is 1. The first-order chi connectivity index (χ1) is 14.8. The van der Waals surface area contributed by atoms with Crippen molar-refractivity contribution in [3.63, 3.8) is 0 Å². The van der Waals surface area contributed by atoms with Crippen molar-refractivity contribution in [3.05, 3.63) is 94.5 Å². The molecule has 4 nitrogen and oxygen atoms in total. The second-order valence-corrected chi connectivity index (χ2v) is 8.55. The predicted octanol–water partition coefficient (Wildman–Crippen LogP) is 5.72. The number of hydrogen-bond acceptors (Lipinski definition) is 4. The molecule has 154 valence electrons. The van der Waals surface area contributed by atoms with Gasteiger partial charge in [-0.05, 0) is 72.0 Å². The lowest BCUT2D eigenvalue weighted by atomic mass is 9.95. The number of ether oxygens (including phenoxy) is 1. The molecule has 2 heterocycles. The standard InChI is InChI=1S/C25H26N2O2S/c28-25(24-7-4-16-30-24)27(18-21-12-14-26-15-13-21)17-20-8-10-23(11-9-20)29-19-22-5-2-1-3-6-22/h1-2,4,7-16,22H,3,5-6,17-19H2/t22-/m0/s1. The van der Waals surface area contributed by atoms with E-state index in [4.69, 9.17) is 4.74 Å². The van der Waals surface area contributed by atoms with Gasteiger partial charge in [0.1, 0.15) is 5.75 Å². The van der Waals surface area contributed by atoms with E-state index >= 15 is 0 Å². The highest BCUT2D eigenvalue weighted by Crippen LogP contribution is 2.22. The minimum Gasteiger partial charge on any atom is -0.493 e. The van der Waals surface area contributed by atoms with Crippen molar-refractivity contribution in [1.82, 2.24) is 9.88 Å². The molecule has 3 aromatic rings. The molecule has 1 amide bonds. The van der Waals surface area contributed by atoms with Crippen molar-refractivity contribution in [2.45, 2.75) is 32.4 Å². The fourth-order valence-corrected chi connectivity index (χ4v) is 4.29. The Kier molecular flexibility index (Phi) is 6.93. The Bertz CT molecular complexity index is 953. The first kappa shape index (κ1) is 20.4. The van der Waals surface area contributed by atoms with Gasteiger partial charge in [-0.15, -0.1) is 11.3 Å². The zero-order valence-electron chi connectivity index (χ0n) is 16.9. The Morgan fingerprint density at radius 2 is 1.80 bits per heavy atom. The maximum absolute atomic E-state index is 13.0. The average Bonchev–Trinajstić information content (AvgIpc) is 3.34. The van der Waals surface area contributed by atoms with E-state index < -0.39 is 0 Å². The quantitative estimate of drug-likeness (QED) is 0.439. The van der Waals surface area contributed by atoms with Gasteiger partial charge in [0.05, 0.1) is 11.5 Å². The van der Waals surface area contributed by atoms with Crippen LogP contribution in [0.5, 0.6) is 5.75 Å². The number of hydrogen-bond donors (Lipinski definition) is 0. The number of nitrogens with zero attached hydrogens (tertiary/aromatic N) is 2. The summed E-state index contributed by atoms with van der Waals surface area (Å²) >= 11 is 1.47. The van der Waals surface area contributed by atoms with Crippen LogP contribution < -0.4 is 4.74 Å². The van der Waals surface area contributed by atoms with Crippen LogP contribution in [0.2, 0.25) is 0 Å². The Balaban J connectivity index is 1.41. The number of aromatic nitrogens is 1. The Morgan fingerprint density at radius 1 is 1.03 bits per heavy atom. The first-order valence-corrected chi connectivity index (χ1v) is 11.2. The fraction of sp³-hybridized carbons (Fsp3) is 0.280. The molecular weight excluding hydrogens is 392 g/mol. The fourth-order valence-electron chi connectivity index (χ4n) is 3.60. The van der Waals surface area contributed by atoms with E-state index in [1.807, 2.05) is 46.7 Å². The van der Waals surface area contributed by atoms with Gasteiger partial charge in [-0.25, -0.2) is 0 Å². The molecule has 1 aliphatic carbocycles. The van der Waals surface area contributed by atoms with Gasteiger partial charge in [0.2, 0.25) is 0 Å². The van der Waals surface area contributed by atoms with Crippen molar-refractivity contribution >= 4 is 17.2 Å². The van der Waals surface area contributed by atoms with Gasteiger partial charge in [0, 0.05) is 25.5 Å². The Labute approximate surface area is 181 Å². The second-order valence-electron chi connectivity index (χ2n) is 7.60. The van der Waals surface area contributed by atoms with E-state index in [1.54, 1.807) is 12.4 Å². The number of carbonyl (C=O) groups excluding carboxylic acids is 1. The van der Waals surface area contributed by atoms with Gasteiger partial charge in [0.25, 0.3) is 5.91 Å². The van der Waals surface area contributed by atoms with Gasteiger partial charge in [-0.3, -0.25) is 9.78 Å². The van der Waals surface area contributed by atoms with Crippen molar-refractivity contribution in [2.75, 3.05) is 6.61 Å². The summed E-state index contributed by atoms with van der Waals surface area (Å²) in [7, 11) is 0. The molecule has 2 aromatic heterocycles.